The van der Waals surface area contributed by atoms with E-state index in [1.807, 2.05) is 12.1 Å². The third-order valence-electron chi connectivity index (χ3n) is 3.88. The van der Waals surface area contributed by atoms with Crippen molar-refractivity contribution in [2.45, 2.75) is 59.2 Å². The van der Waals surface area contributed by atoms with Crippen LogP contribution < -0.4 is 4.74 Å². The molecule has 2 atom stereocenters. The lowest BCUT2D eigenvalue weighted by Gasteiger charge is -2.28. The van der Waals surface area contributed by atoms with Crippen LogP contribution in [0.2, 0.25) is 0 Å². The molecule has 1 aliphatic rings. The molecule has 1 aromatic carbocycles. The van der Waals surface area contributed by atoms with Gasteiger partial charge in [-0.1, -0.05) is 25.5 Å². The normalized spacial score (nSPS) is 24.0. The van der Waals surface area contributed by atoms with Crippen molar-refractivity contribution in [3.63, 3.8) is 0 Å². The molecule has 2 nitrogen and oxygen atoms in total. The summed E-state index contributed by atoms with van der Waals surface area (Å²) < 4.78 is 6.21. The van der Waals surface area contributed by atoms with Crippen LogP contribution in [0.3, 0.4) is 0 Å². The minimum Gasteiger partial charge on any atom is -0.490 e. The van der Waals surface area contributed by atoms with Gasteiger partial charge in [0.25, 0.3) is 0 Å². The Morgan fingerprint density at radius 3 is 2.44 bits per heavy atom. The predicted molar refractivity (Wildman–Crippen MR) is 73.9 cm³/mol. The molecule has 0 aromatic heterocycles. The third-order valence-corrected chi connectivity index (χ3v) is 3.88. The van der Waals surface area contributed by atoms with E-state index < -0.39 is 0 Å². The fourth-order valence-corrected chi connectivity index (χ4v) is 2.97. The summed E-state index contributed by atoms with van der Waals surface area (Å²) in [5, 5.41) is 9.19. The molecule has 0 bridgehead atoms. The maximum atomic E-state index is 9.19. The molecule has 1 aromatic rings. The first-order valence-electron chi connectivity index (χ1n) is 6.97. The van der Waals surface area contributed by atoms with Crippen LogP contribution in [0.4, 0.5) is 0 Å². The van der Waals surface area contributed by atoms with Gasteiger partial charge in [-0.3, -0.25) is 0 Å². The molecule has 0 saturated heterocycles. The minimum absolute atomic E-state index is 0.0996. The number of rotatable bonds is 3. The molecular formula is C16H24O2. The Morgan fingerprint density at radius 2 is 1.89 bits per heavy atom. The molecule has 0 spiro atoms. The lowest BCUT2D eigenvalue weighted by molar-refractivity contribution is 0.127. The SMILES string of the molecule is Cc1cc(CO)cc(C)c1OC1CCCC(C)C1. The molecule has 0 aliphatic heterocycles. The topological polar surface area (TPSA) is 29.5 Å². The smallest absolute Gasteiger partial charge is 0.125 e. The highest BCUT2D eigenvalue weighted by Gasteiger charge is 2.21. The van der Waals surface area contributed by atoms with Crippen molar-refractivity contribution in [2.75, 3.05) is 0 Å². The van der Waals surface area contributed by atoms with Crippen molar-refractivity contribution in [1.29, 1.82) is 0 Å². The van der Waals surface area contributed by atoms with Crippen molar-refractivity contribution >= 4 is 0 Å². The van der Waals surface area contributed by atoms with Gasteiger partial charge in [0.15, 0.2) is 0 Å². The van der Waals surface area contributed by atoms with Crippen molar-refractivity contribution < 1.29 is 9.84 Å². The number of hydrogen-bond donors (Lipinski definition) is 1. The number of hydrogen-bond acceptors (Lipinski definition) is 2. The van der Waals surface area contributed by atoms with E-state index in [9.17, 15) is 5.11 Å². The fraction of sp³-hybridized carbons (Fsp3) is 0.625. The van der Waals surface area contributed by atoms with Gasteiger partial charge in [0.2, 0.25) is 0 Å². The van der Waals surface area contributed by atoms with Crippen LogP contribution in [0, 0.1) is 19.8 Å². The lowest BCUT2D eigenvalue weighted by Crippen LogP contribution is -2.24. The van der Waals surface area contributed by atoms with Crippen LogP contribution in [-0.4, -0.2) is 11.2 Å². The summed E-state index contributed by atoms with van der Waals surface area (Å²) in [5.41, 5.74) is 3.24. The molecule has 2 heteroatoms. The largest absolute Gasteiger partial charge is 0.490 e. The van der Waals surface area contributed by atoms with Gasteiger partial charge >= 0.3 is 0 Å². The summed E-state index contributed by atoms with van der Waals surface area (Å²) in [7, 11) is 0. The average molecular weight is 248 g/mol. The number of benzene rings is 1. The number of aliphatic hydroxyl groups is 1. The van der Waals surface area contributed by atoms with Gasteiger partial charge in [-0.05, 0) is 55.7 Å². The first kappa shape index (κ1) is 13.4. The Hall–Kier alpha value is -1.02. The van der Waals surface area contributed by atoms with Crippen molar-refractivity contribution in [3.8, 4) is 5.75 Å². The van der Waals surface area contributed by atoms with E-state index in [1.165, 1.54) is 25.7 Å². The molecule has 18 heavy (non-hydrogen) atoms. The third kappa shape index (κ3) is 3.05. The number of ether oxygens (including phenoxy) is 1. The molecule has 2 unspecified atom stereocenters. The molecule has 1 saturated carbocycles. The van der Waals surface area contributed by atoms with Crippen molar-refractivity contribution in [1.82, 2.24) is 0 Å². The Bertz CT molecular complexity index is 389. The van der Waals surface area contributed by atoms with Crippen LogP contribution in [0.5, 0.6) is 5.75 Å². The van der Waals surface area contributed by atoms with E-state index in [-0.39, 0.29) is 6.61 Å². The van der Waals surface area contributed by atoms with Crippen LogP contribution in [0.15, 0.2) is 12.1 Å². The summed E-state index contributed by atoms with van der Waals surface area (Å²) in [6, 6.07) is 4.04. The maximum absolute atomic E-state index is 9.19. The molecule has 0 radical (unpaired) electrons. The van der Waals surface area contributed by atoms with Gasteiger partial charge in [-0.15, -0.1) is 0 Å². The van der Waals surface area contributed by atoms with Gasteiger partial charge < -0.3 is 9.84 Å². The highest BCUT2D eigenvalue weighted by atomic mass is 16.5. The maximum Gasteiger partial charge on any atom is 0.125 e. The van der Waals surface area contributed by atoms with Gasteiger partial charge in [0.1, 0.15) is 5.75 Å². The quantitative estimate of drug-likeness (QED) is 0.882. The van der Waals surface area contributed by atoms with Gasteiger partial charge in [-0.2, -0.15) is 0 Å². The molecule has 100 valence electrons. The Morgan fingerprint density at radius 1 is 1.22 bits per heavy atom. The summed E-state index contributed by atoms with van der Waals surface area (Å²) in [5.74, 6) is 1.80. The van der Waals surface area contributed by atoms with Crippen molar-refractivity contribution in [2.24, 2.45) is 5.92 Å². The summed E-state index contributed by atoms with van der Waals surface area (Å²) in [6.07, 6.45) is 5.32. The van der Waals surface area contributed by atoms with E-state index in [1.54, 1.807) is 0 Å². The van der Waals surface area contributed by atoms with E-state index in [0.29, 0.717) is 6.10 Å². The summed E-state index contributed by atoms with van der Waals surface area (Å²) >= 11 is 0. The molecule has 2 rings (SSSR count). The standard InChI is InChI=1S/C16H24O2/c1-11-5-4-6-15(7-11)18-16-12(2)8-14(10-17)9-13(16)3/h8-9,11,15,17H,4-7,10H2,1-3H3. The molecule has 1 N–H and O–H groups in total. The first-order valence-corrected chi connectivity index (χ1v) is 6.97. The van der Waals surface area contributed by atoms with E-state index in [2.05, 4.69) is 20.8 Å². The van der Waals surface area contributed by atoms with Gasteiger partial charge in [0.05, 0.1) is 12.7 Å². The average Bonchev–Trinajstić information content (AvgIpc) is 2.33. The Kier molecular flexibility index (Phi) is 4.28. The fourth-order valence-electron chi connectivity index (χ4n) is 2.97. The summed E-state index contributed by atoms with van der Waals surface area (Å²) in [4.78, 5) is 0. The van der Waals surface area contributed by atoms with Crippen LogP contribution in [0.1, 0.15) is 49.3 Å². The molecule has 0 amide bonds. The monoisotopic (exact) mass is 248 g/mol. The van der Waals surface area contributed by atoms with Crippen LogP contribution >= 0.6 is 0 Å². The first-order chi connectivity index (χ1) is 8.60. The Labute approximate surface area is 110 Å². The second-order valence-corrected chi connectivity index (χ2v) is 5.73. The zero-order valence-corrected chi connectivity index (χ0v) is 11.7. The van der Waals surface area contributed by atoms with E-state index in [0.717, 1.165) is 28.4 Å². The molecular weight excluding hydrogens is 224 g/mol. The van der Waals surface area contributed by atoms with Crippen molar-refractivity contribution in [3.05, 3.63) is 28.8 Å². The van der Waals surface area contributed by atoms with Crippen LogP contribution in [0.25, 0.3) is 0 Å². The van der Waals surface area contributed by atoms with E-state index >= 15 is 0 Å². The number of aliphatic hydroxyl groups excluding tert-OH is 1. The minimum atomic E-state index is 0.0996. The highest BCUT2D eigenvalue weighted by Crippen LogP contribution is 2.31. The number of aryl methyl sites for hydroxylation is 2. The Balaban J connectivity index is 2.13. The summed E-state index contributed by atoms with van der Waals surface area (Å²) in [6.45, 7) is 6.54. The highest BCUT2D eigenvalue weighted by molar-refractivity contribution is 5.43. The zero-order valence-electron chi connectivity index (χ0n) is 11.7. The molecule has 0 heterocycles. The molecule has 1 fully saturated rings. The van der Waals surface area contributed by atoms with Gasteiger partial charge in [0, 0.05) is 0 Å². The van der Waals surface area contributed by atoms with Crippen LogP contribution in [-0.2, 0) is 6.61 Å². The zero-order chi connectivity index (χ0) is 13.1. The predicted octanol–water partition coefficient (Wildman–Crippen LogP) is 3.75. The lowest BCUT2D eigenvalue weighted by atomic mass is 9.88. The molecule has 1 aliphatic carbocycles. The van der Waals surface area contributed by atoms with Gasteiger partial charge in [-0.25, -0.2) is 0 Å². The van der Waals surface area contributed by atoms with E-state index in [4.69, 9.17) is 4.74 Å². The second kappa shape index (κ2) is 5.75. The second-order valence-electron chi connectivity index (χ2n) is 5.73.